The second-order valence-electron chi connectivity index (χ2n) is 6.62. The number of alkyl halides is 5. The smallest absolute Gasteiger partial charge is 0.434 e. The molecule has 0 bridgehead atoms. The molecule has 1 rings (SSSR count). The lowest BCUT2D eigenvalue weighted by Gasteiger charge is -2.26. The number of rotatable bonds is 6. The molecule has 0 N–H and O–H groups in total. The van der Waals surface area contributed by atoms with E-state index in [-0.39, 0.29) is 17.4 Å². The Kier molecular flexibility index (Phi) is 6.87. The standard InChI is InChI=1S/C16H20F5N2O4/c1-23(2,3)7-6-8-9(14(24)26-4)11(13(17)18)22-12(16(19,20)21)10(8)15(25)27-5/h13H,6-7H2,1-5H3/q+1. The fraction of sp³-hybridized carbons (Fsp3) is 0.562. The van der Waals surface area contributed by atoms with Crippen molar-refractivity contribution in [3.8, 4) is 0 Å². The lowest BCUT2D eigenvalue weighted by Crippen LogP contribution is -2.37. The minimum Gasteiger partial charge on any atom is -0.465 e. The van der Waals surface area contributed by atoms with Gasteiger partial charge in [0.15, 0.2) is 5.69 Å². The first-order valence-electron chi connectivity index (χ1n) is 7.63. The summed E-state index contributed by atoms with van der Waals surface area (Å²) in [6.07, 6.45) is -8.99. The van der Waals surface area contributed by atoms with E-state index in [1.165, 1.54) is 0 Å². The van der Waals surface area contributed by atoms with Gasteiger partial charge in [0.25, 0.3) is 6.43 Å². The maximum Gasteiger partial charge on any atom is 0.434 e. The molecular weight excluding hydrogens is 379 g/mol. The average molecular weight is 399 g/mol. The number of carbonyl (C=O) groups excluding carboxylic acids is 2. The molecule has 0 radical (unpaired) electrons. The van der Waals surface area contributed by atoms with Crippen molar-refractivity contribution in [2.45, 2.75) is 19.0 Å². The van der Waals surface area contributed by atoms with Crippen LogP contribution in [0.2, 0.25) is 0 Å². The van der Waals surface area contributed by atoms with E-state index >= 15 is 0 Å². The highest BCUT2D eigenvalue weighted by Crippen LogP contribution is 2.37. The highest BCUT2D eigenvalue weighted by Gasteiger charge is 2.43. The Morgan fingerprint density at radius 2 is 1.52 bits per heavy atom. The predicted octanol–water partition coefficient (Wildman–Crippen LogP) is 2.86. The first kappa shape index (κ1) is 22.7. The van der Waals surface area contributed by atoms with Crippen LogP contribution < -0.4 is 0 Å². The van der Waals surface area contributed by atoms with Crippen molar-refractivity contribution in [1.29, 1.82) is 0 Å². The summed E-state index contributed by atoms with van der Waals surface area (Å²) in [5.74, 6) is -2.75. The van der Waals surface area contributed by atoms with E-state index in [2.05, 4.69) is 14.5 Å². The zero-order valence-corrected chi connectivity index (χ0v) is 15.4. The Balaban J connectivity index is 3.99. The molecule has 0 spiro atoms. The third kappa shape index (κ3) is 5.34. The Bertz CT molecular complexity index is 727. The second kappa shape index (κ2) is 8.15. The first-order valence-corrected chi connectivity index (χ1v) is 7.63. The number of carbonyl (C=O) groups is 2. The van der Waals surface area contributed by atoms with Crippen LogP contribution in [0.3, 0.4) is 0 Å². The molecule has 0 saturated heterocycles. The summed E-state index contributed by atoms with van der Waals surface area (Å²) >= 11 is 0. The Morgan fingerprint density at radius 1 is 1.04 bits per heavy atom. The van der Waals surface area contributed by atoms with Gasteiger partial charge in [0, 0.05) is 6.42 Å². The van der Waals surface area contributed by atoms with Crippen molar-refractivity contribution in [1.82, 2.24) is 4.98 Å². The van der Waals surface area contributed by atoms with Crippen LogP contribution in [-0.2, 0) is 22.1 Å². The number of aromatic nitrogens is 1. The number of hydrogen-bond donors (Lipinski definition) is 0. The molecule has 0 fully saturated rings. The normalized spacial score (nSPS) is 12.3. The van der Waals surface area contributed by atoms with Gasteiger partial charge in [0.1, 0.15) is 5.69 Å². The number of hydrogen-bond acceptors (Lipinski definition) is 5. The van der Waals surface area contributed by atoms with Crippen LogP contribution in [0, 0.1) is 0 Å². The van der Waals surface area contributed by atoms with Crippen molar-refractivity contribution in [3.63, 3.8) is 0 Å². The van der Waals surface area contributed by atoms with Gasteiger partial charge in [-0.05, 0) is 5.56 Å². The summed E-state index contributed by atoms with van der Waals surface area (Å²) in [6.45, 7) is 0.137. The molecule has 0 aromatic carbocycles. The van der Waals surface area contributed by atoms with Gasteiger partial charge in [-0.3, -0.25) is 0 Å². The van der Waals surface area contributed by atoms with Gasteiger partial charge in [-0.15, -0.1) is 0 Å². The molecule has 0 aliphatic heterocycles. The maximum atomic E-state index is 13.4. The number of likely N-dealkylation sites (N-methyl/N-ethyl adjacent to an activating group) is 1. The highest BCUT2D eigenvalue weighted by atomic mass is 19.4. The molecule has 0 saturated carbocycles. The van der Waals surface area contributed by atoms with Gasteiger partial charge in [0.2, 0.25) is 0 Å². The average Bonchev–Trinajstić information content (AvgIpc) is 2.55. The lowest BCUT2D eigenvalue weighted by molar-refractivity contribution is -0.870. The summed E-state index contributed by atoms with van der Waals surface area (Å²) < 4.78 is 76.1. The summed E-state index contributed by atoms with van der Waals surface area (Å²) in [7, 11) is 6.84. The third-order valence-electron chi connectivity index (χ3n) is 3.62. The van der Waals surface area contributed by atoms with Gasteiger partial charge in [-0.2, -0.15) is 13.2 Å². The second-order valence-corrected chi connectivity index (χ2v) is 6.62. The van der Waals surface area contributed by atoms with Crippen molar-refractivity contribution in [2.75, 3.05) is 41.9 Å². The van der Waals surface area contributed by atoms with Crippen molar-refractivity contribution in [3.05, 3.63) is 28.1 Å². The Hall–Kier alpha value is -2.30. The Morgan fingerprint density at radius 3 is 1.89 bits per heavy atom. The van der Waals surface area contributed by atoms with E-state index in [9.17, 15) is 31.5 Å². The van der Waals surface area contributed by atoms with Crippen molar-refractivity contribution < 1.29 is 45.5 Å². The van der Waals surface area contributed by atoms with Crippen molar-refractivity contribution in [2.24, 2.45) is 0 Å². The number of esters is 2. The molecule has 1 aromatic heterocycles. The number of methoxy groups -OCH3 is 2. The van der Waals surface area contributed by atoms with Crippen LogP contribution in [0.1, 0.15) is 44.1 Å². The van der Waals surface area contributed by atoms with E-state index in [0.717, 1.165) is 14.2 Å². The third-order valence-corrected chi connectivity index (χ3v) is 3.62. The van der Waals surface area contributed by atoms with Gasteiger partial charge in [-0.1, -0.05) is 0 Å². The number of nitrogens with zero attached hydrogens (tertiary/aromatic N) is 2. The van der Waals surface area contributed by atoms with Crippen LogP contribution in [0.15, 0.2) is 0 Å². The van der Waals surface area contributed by atoms with Crippen molar-refractivity contribution >= 4 is 11.9 Å². The minimum absolute atomic E-state index is 0.137. The monoisotopic (exact) mass is 399 g/mol. The lowest BCUT2D eigenvalue weighted by atomic mass is 9.94. The Labute approximate surface area is 152 Å². The molecule has 27 heavy (non-hydrogen) atoms. The van der Waals surface area contributed by atoms with Gasteiger partial charge >= 0.3 is 18.1 Å². The predicted molar refractivity (Wildman–Crippen MR) is 83.5 cm³/mol. The minimum atomic E-state index is -5.22. The van der Waals surface area contributed by atoms with Crippen LogP contribution in [0.4, 0.5) is 22.0 Å². The number of halogens is 5. The molecular formula is C16H20F5N2O4+. The zero-order chi connectivity index (χ0) is 21.2. The number of ether oxygens (including phenoxy) is 2. The molecule has 0 aliphatic carbocycles. The molecule has 152 valence electrons. The summed E-state index contributed by atoms with van der Waals surface area (Å²) in [5.41, 5.74) is -5.66. The number of pyridine rings is 1. The van der Waals surface area contributed by atoms with Crippen LogP contribution in [0.25, 0.3) is 0 Å². The van der Waals surface area contributed by atoms with Crippen LogP contribution in [0.5, 0.6) is 0 Å². The van der Waals surface area contributed by atoms with E-state index in [1.807, 2.05) is 0 Å². The van der Waals surface area contributed by atoms with Crippen LogP contribution in [-0.4, -0.2) is 63.3 Å². The fourth-order valence-electron chi connectivity index (χ4n) is 2.37. The van der Waals surface area contributed by atoms with E-state index < -0.39 is 52.6 Å². The summed E-state index contributed by atoms with van der Waals surface area (Å²) in [5, 5.41) is 0. The molecule has 6 nitrogen and oxygen atoms in total. The molecule has 1 aromatic rings. The fourth-order valence-corrected chi connectivity index (χ4v) is 2.37. The highest BCUT2D eigenvalue weighted by molar-refractivity contribution is 5.99. The van der Waals surface area contributed by atoms with Gasteiger partial charge < -0.3 is 14.0 Å². The maximum absolute atomic E-state index is 13.4. The molecule has 0 aliphatic rings. The largest absolute Gasteiger partial charge is 0.465 e. The summed E-state index contributed by atoms with van der Waals surface area (Å²) in [6, 6.07) is 0. The first-order chi connectivity index (χ1) is 12.2. The molecule has 0 atom stereocenters. The zero-order valence-electron chi connectivity index (χ0n) is 15.4. The van der Waals surface area contributed by atoms with E-state index in [4.69, 9.17) is 0 Å². The summed E-state index contributed by atoms with van der Waals surface area (Å²) in [4.78, 5) is 27.0. The van der Waals surface area contributed by atoms with E-state index in [0.29, 0.717) is 0 Å². The topological polar surface area (TPSA) is 65.5 Å². The van der Waals surface area contributed by atoms with Crippen LogP contribution >= 0.6 is 0 Å². The number of quaternary nitrogens is 1. The molecule has 11 heteroatoms. The van der Waals surface area contributed by atoms with Gasteiger partial charge in [-0.25, -0.2) is 23.4 Å². The SMILES string of the molecule is COC(=O)c1c(C(F)F)nc(C(F)(F)F)c(C(=O)OC)c1CC[N+](C)(C)C. The quantitative estimate of drug-likeness (QED) is 0.418. The molecule has 0 amide bonds. The van der Waals surface area contributed by atoms with E-state index in [1.54, 1.807) is 21.1 Å². The van der Waals surface area contributed by atoms with Gasteiger partial charge in [0.05, 0.1) is 53.0 Å². The molecule has 0 unspecified atom stereocenters. The molecule has 1 heterocycles.